The number of rotatable bonds is 4. The Kier molecular flexibility index (Phi) is 5.10. The van der Waals surface area contributed by atoms with Gasteiger partial charge in [0.15, 0.2) is 0 Å². The molecule has 0 saturated carbocycles. The Balaban J connectivity index is 1.58. The number of nitrogens with zero attached hydrogens (tertiary/aromatic N) is 1. The number of hydrogen-bond donors (Lipinski definition) is 1. The number of amides is 1. The zero-order chi connectivity index (χ0) is 16.2. The van der Waals surface area contributed by atoms with E-state index in [1.165, 1.54) is 16.9 Å². The van der Waals surface area contributed by atoms with Crippen LogP contribution in [-0.2, 0) is 11.3 Å². The van der Waals surface area contributed by atoms with Gasteiger partial charge in [0.25, 0.3) is 5.91 Å². The molecule has 1 amide bonds. The highest BCUT2D eigenvalue weighted by Gasteiger charge is 2.21. The number of ether oxygens (including phenoxy) is 1. The zero-order valence-electron chi connectivity index (χ0n) is 13.5. The van der Waals surface area contributed by atoms with Gasteiger partial charge in [-0.25, -0.2) is 0 Å². The van der Waals surface area contributed by atoms with Gasteiger partial charge in [0.05, 0.1) is 17.1 Å². The molecule has 1 aliphatic rings. The van der Waals surface area contributed by atoms with E-state index < -0.39 is 0 Å². The van der Waals surface area contributed by atoms with E-state index in [9.17, 15) is 4.79 Å². The van der Waals surface area contributed by atoms with Crippen LogP contribution in [0.5, 0.6) is 0 Å². The van der Waals surface area contributed by atoms with E-state index in [1.807, 2.05) is 29.6 Å². The fourth-order valence-electron chi connectivity index (χ4n) is 2.97. The standard InChI is InChI=1S/C18H22N2O2S/c1-13-10-20(11-14(2)22-13)12-15-5-7-16(8-6-15)19-18(21)17-4-3-9-23-17/h3-9,13-14H,10-12H2,1-2H3,(H,19,21)/t13-,14-/m1/s1. The van der Waals surface area contributed by atoms with Gasteiger partial charge in [-0.3, -0.25) is 9.69 Å². The van der Waals surface area contributed by atoms with Crippen LogP contribution in [0.2, 0.25) is 0 Å². The quantitative estimate of drug-likeness (QED) is 0.931. The van der Waals surface area contributed by atoms with Gasteiger partial charge in [0.2, 0.25) is 0 Å². The van der Waals surface area contributed by atoms with Crippen molar-refractivity contribution in [3.63, 3.8) is 0 Å². The summed E-state index contributed by atoms with van der Waals surface area (Å²) in [4.78, 5) is 15.2. The van der Waals surface area contributed by atoms with Crippen molar-refractivity contribution in [2.24, 2.45) is 0 Å². The average Bonchev–Trinajstić information content (AvgIpc) is 3.02. The molecule has 2 aromatic rings. The summed E-state index contributed by atoms with van der Waals surface area (Å²) in [6.45, 7) is 7.07. The van der Waals surface area contributed by atoms with Gasteiger partial charge in [-0.2, -0.15) is 0 Å². The molecule has 2 atom stereocenters. The highest BCUT2D eigenvalue weighted by atomic mass is 32.1. The van der Waals surface area contributed by atoms with Crippen molar-refractivity contribution in [1.82, 2.24) is 4.90 Å². The molecule has 4 nitrogen and oxygen atoms in total. The fourth-order valence-corrected chi connectivity index (χ4v) is 3.58. The summed E-state index contributed by atoms with van der Waals surface area (Å²) >= 11 is 1.45. The summed E-state index contributed by atoms with van der Waals surface area (Å²) in [5.41, 5.74) is 2.08. The zero-order valence-corrected chi connectivity index (χ0v) is 14.3. The molecule has 1 fully saturated rings. The highest BCUT2D eigenvalue weighted by Crippen LogP contribution is 2.17. The van der Waals surface area contributed by atoms with Crippen LogP contribution in [0, 0.1) is 0 Å². The monoisotopic (exact) mass is 330 g/mol. The van der Waals surface area contributed by atoms with Gasteiger partial charge >= 0.3 is 0 Å². The Morgan fingerprint density at radius 1 is 1.22 bits per heavy atom. The first kappa shape index (κ1) is 16.2. The third-order valence-corrected chi connectivity index (χ3v) is 4.73. The second-order valence-corrected chi connectivity index (χ2v) is 7.03. The van der Waals surface area contributed by atoms with Crippen molar-refractivity contribution in [2.45, 2.75) is 32.6 Å². The molecule has 1 saturated heterocycles. The molecule has 2 heterocycles. The van der Waals surface area contributed by atoms with Crippen LogP contribution in [-0.4, -0.2) is 36.1 Å². The third-order valence-electron chi connectivity index (χ3n) is 3.86. The van der Waals surface area contributed by atoms with Crippen molar-refractivity contribution in [3.8, 4) is 0 Å². The molecular formula is C18H22N2O2S. The largest absolute Gasteiger partial charge is 0.373 e. The third kappa shape index (κ3) is 4.41. The number of anilines is 1. The van der Waals surface area contributed by atoms with Gasteiger partial charge in [-0.1, -0.05) is 18.2 Å². The number of hydrogen-bond acceptors (Lipinski definition) is 4. The summed E-state index contributed by atoms with van der Waals surface area (Å²) in [5.74, 6) is -0.0522. The summed E-state index contributed by atoms with van der Waals surface area (Å²) in [7, 11) is 0. The Morgan fingerprint density at radius 3 is 2.52 bits per heavy atom. The number of morpholine rings is 1. The lowest BCUT2D eigenvalue weighted by Gasteiger charge is -2.35. The van der Waals surface area contributed by atoms with E-state index in [1.54, 1.807) is 0 Å². The Morgan fingerprint density at radius 2 is 1.91 bits per heavy atom. The molecular weight excluding hydrogens is 308 g/mol. The SMILES string of the molecule is C[C@@H]1CN(Cc2ccc(NC(=O)c3cccs3)cc2)C[C@@H](C)O1. The van der Waals surface area contributed by atoms with Crippen LogP contribution >= 0.6 is 11.3 Å². The predicted molar refractivity (Wildman–Crippen MR) is 94.0 cm³/mol. The lowest BCUT2D eigenvalue weighted by atomic mass is 10.1. The van der Waals surface area contributed by atoms with Crippen LogP contribution in [0.3, 0.4) is 0 Å². The van der Waals surface area contributed by atoms with Crippen LogP contribution in [0.25, 0.3) is 0 Å². The maximum absolute atomic E-state index is 12.0. The lowest BCUT2D eigenvalue weighted by Crippen LogP contribution is -2.44. The number of thiophene rings is 1. The molecule has 0 unspecified atom stereocenters. The van der Waals surface area contributed by atoms with Gasteiger partial charge in [-0.15, -0.1) is 11.3 Å². The molecule has 0 spiro atoms. The first-order valence-corrected chi connectivity index (χ1v) is 8.80. The van der Waals surface area contributed by atoms with Crippen molar-refractivity contribution < 1.29 is 9.53 Å². The predicted octanol–water partition coefficient (Wildman–Crippen LogP) is 3.61. The maximum atomic E-state index is 12.0. The van der Waals surface area contributed by atoms with E-state index >= 15 is 0 Å². The molecule has 3 rings (SSSR count). The Hall–Kier alpha value is -1.69. The second kappa shape index (κ2) is 7.25. The molecule has 122 valence electrons. The minimum absolute atomic E-state index is 0.0522. The van der Waals surface area contributed by atoms with Crippen LogP contribution in [0.15, 0.2) is 41.8 Å². The van der Waals surface area contributed by atoms with Crippen LogP contribution in [0.4, 0.5) is 5.69 Å². The molecule has 1 aliphatic heterocycles. The van der Waals surface area contributed by atoms with Gasteiger partial charge in [0, 0.05) is 25.3 Å². The van der Waals surface area contributed by atoms with E-state index in [-0.39, 0.29) is 18.1 Å². The van der Waals surface area contributed by atoms with E-state index in [4.69, 9.17) is 4.74 Å². The maximum Gasteiger partial charge on any atom is 0.265 e. The first-order valence-electron chi connectivity index (χ1n) is 7.92. The van der Waals surface area contributed by atoms with E-state index in [2.05, 4.69) is 36.2 Å². The molecule has 1 aromatic carbocycles. The number of benzene rings is 1. The van der Waals surface area contributed by atoms with Gasteiger partial charge < -0.3 is 10.1 Å². The minimum atomic E-state index is -0.0522. The molecule has 23 heavy (non-hydrogen) atoms. The van der Waals surface area contributed by atoms with Crippen molar-refractivity contribution in [1.29, 1.82) is 0 Å². The minimum Gasteiger partial charge on any atom is -0.373 e. The van der Waals surface area contributed by atoms with Crippen LogP contribution < -0.4 is 5.32 Å². The average molecular weight is 330 g/mol. The molecule has 0 aliphatic carbocycles. The van der Waals surface area contributed by atoms with Crippen molar-refractivity contribution in [2.75, 3.05) is 18.4 Å². The van der Waals surface area contributed by atoms with E-state index in [0.717, 1.165) is 30.2 Å². The Labute approximate surface area is 141 Å². The molecule has 1 N–H and O–H groups in total. The molecule has 0 bridgehead atoms. The first-order chi connectivity index (χ1) is 11.1. The van der Waals surface area contributed by atoms with E-state index in [0.29, 0.717) is 0 Å². The fraction of sp³-hybridized carbons (Fsp3) is 0.389. The second-order valence-electron chi connectivity index (χ2n) is 6.08. The van der Waals surface area contributed by atoms with Crippen molar-refractivity contribution >= 4 is 22.9 Å². The number of nitrogens with one attached hydrogen (secondary N) is 1. The molecule has 5 heteroatoms. The van der Waals surface area contributed by atoms with Gasteiger partial charge in [-0.05, 0) is 43.0 Å². The summed E-state index contributed by atoms with van der Waals surface area (Å²) < 4.78 is 5.76. The van der Waals surface area contributed by atoms with Crippen LogP contribution in [0.1, 0.15) is 29.1 Å². The summed E-state index contributed by atoms with van der Waals surface area (Å²) in [5, 5.41) is 4.83. The summed E-state index contributed by atoms with van der Waals surface area (Å²) in [6, 6.07) is 11.8. The van der Waals surface area contributed by atoms with Gasteiger partial charge in [0.1, 0.15) is 0 Å². The highest BCUT2D eigenvalue weighted by molar-refractivity contribution is 7.12. The molecule has 0 radical (unpaired) electrons. The number of carbonyl (C=O) groups is 1. The Bertz CT molecular complexity index is 630. The topological polar surface area (TPSA) is 41.6 Å². The number of carbonyl (C=O) groups excluding carboxylic acids is 1. The van der Waals surface area contributed by atoms with Crippen molar-refractivity contribution in [3.05, 3.63) is 52.2 Å². The summed E-state index contributed by atoms with van der Waals surface area (Å²) in [6.07, 6.45) is 0.561. The lowest BCUT2D eigenvalue weighted by molar-refractivity contribution is -0.0704. The smallest absolute Gasteiger partial charge is 0.265 e. The normalized spacial score (nSPS) is 22.0. The molecule has 1 aromatic heterocycles.